The fourth-order valence-electron chi connectivity index (χ4n) is 0.860. The van der Waals surface area contributed by atoms with Gasteiger partial charge in [0.05, 0.1) is 6.54 Å². The number of carbonyl (C=O) groups excluding carboxylic acids is 1. The van der Waals surface area contributed by atoms with Crippen LogP contribution in [0.5, 0.6) is 0 Å². The van der Waals surface area contributed by atoms with Gasteiger partial charge in [0.25, 0.3) is 5.91 Å². The minimum atomic E-state index is -0.312. The van der Waals surface area contributed by atoms with Crippen LogP contribution in [0.2, 0.25) is 0 Å². The summed E-state index contributed by atoms with van der Waals surface area (Å²) < 4.78 is 0. The molecular weight excluding hydrogens is 184 g/mol. The highest BCUT2D eigenvalue weighted by atomic mass is 32.1. The van der Waals surface area contributed by atoms with E-state index in [1.165, 1.54) is 16.2 Å². The van der Waals surface area contributed by atoms with Gasteiger partial charge in [-0.2, -0.15) is 0 Å². The van der Waals surface area contributed by atoms with Gasteiger partial charge < -0.3 is 4.90 Å². The zero-order chi connectivity index (χ0) is 9.84. The van der Waals surface area contributed by atoms with Crippen LogP contribution in [0.1, 0.15) is 10.7 Å². The number of thiazole rings is 1. The topological polar surface area (TPSA) is 33.2 Å². The van der Waals surface area contributed by atoms with Crippen molar-refractivity contribution in [2.24, 2.45) is 0 Å². The molecule has 68 valence electrons. The molecule has 1 heterocycles. The zero-order valence-electron chi connectivity index (χ0n) is 7.57. The van der Waals surface area contributed by atoms with E-state index < -0.39 is 0 Å². The van der Waals surface area contributed by atoms with E-state index in [2.05, 4.69) is 10.9 Å². The Morgan fingerprint density at radius 2 is 2.54 bits per heavy atom. The molecule has 0 aliphatic carbocycles. The average Bonchev–Trinajstić information content (AvgIpc) is 2.49. The Kier molecular flexibility index (Phi) is 3.04. The van der Waals surface area contributed by atoms with E-state index in [0.717, 1.165) is 10.7 Å². The first kappa shape index (κ1) is 9.75. The SMILES string of the molecule is C#CC(=O)N(C)Cc1nc(C)cs1. The van der Waals surface area contributed by atoms with Crippen LogP contribution in [0.3, 0.4) is 0 Å². The van der Waals surface area contributed by atoms with E-state index in [0.29, 0.717) is 6.54 Å². The van der Waals surface area contributed by atoms with E-state index in [9.17, 15) is 4.79 Å². The van der Waals surface area contributed by atoms with Crippen LogP contribution in [0.25, 0.3) is 0 Å². The summed E-state index contributed by atoms with van der Waals surface area (Å²) in [5.74, 6) is 1.74. The Morgan fingerprint density at radius 3 is 3.00 bits per heavy atom. The normalized spacial score (nSPS) is 9.31. The van der Waals surface area contributed by atoms with Crippen molar-refractivity contribution >= 4 is 17.2 Å². The maximum atomic E-state index is 11.0. The van der Waals surface area contributed by atoms with Gasteiger partial charge >= 0.3 is 0 Å². The molecule has 1 aromatic rings. The summed E-state index contributed by atoms with van der Waals surface area (Å²) in [5.41, 5.74) is 0.974. The molecule has 0 bridgehead atoms. The van der Waals surface area contributed by atoms with E-state index in [-0.39, 0.29) is 5.91 Å². The monoisotopic (exact) mass is 194 g/mol. The lowest BCUT2D eigenvalue weighted by molar-refractivity contribution is -0.124. The second-order valence-electron chi connectivity index (χ2n) is 2.69. The highest BCUT2D eigenvalue weighted by Crippen LogP contribution is 2.10. The minimum absolute atomic E-state index is 0.312. The predicted octanol–water partition coefficient (Wildman–Crippen LogP) is 1.04. The number of aryl methyl sites for hydroxylation is 1. The molecule has 1 aromatic heterocycles. The number of nitrogens with zero attached hydrogens (tertiary/aromatic N) is 2. The Hall–Kier alpha value is -1.34. The van der Waals surface area contributed by atoms with Crippen molar-refractivity contribution in [3.63, 3.8) is 0 Å². The lowest BCUT2D eigenvalue weighted by Gasteiger charge is -2.10. The van der Waals surface area contributed by atoms with Crippen molar-refractivity contribution in [2.45, 2.75) is 13.5 Å². The molecule has 0 aliphatic heterocycles. The first-order chi connectivity index (χ1) is 6.13. The third-order valence-corrected chi connectivity index (χ3v) is 2.46. The molecule has 0 saturated heterocycles. The quantitative estimate of drug-likeness (QED) is 0.659. The van der Waals surface area contributed by atoms with Crippen LogP contribution in [0, 0.1) is 19.3 Å². The summed E-state index contributed by atoms with van der Waals surface area (Å²) in [7, 11) is 1.67. The molecular formula is C9H10N2OS. The molecule has 1 amide bonds. The van der Waals surface area contributed by atoms with Gasteiger partial charge in [-0.3, -0.25) is 4.79 Å². The van der Waals surface area contributed by atoms with Gasteiger partial charge in [0.2, 0.25) is 0 Å². The highest BCUT2D eigenvalue weighted by molar-refractivity contribution is 7.09. The van der Waals surface area contributed by atoms with Gasteiger partial charge in [0.1, 0.15) is 5.01 Å². The molecule has 3 nitrogen and oxygen atoms in total. The Labute approximate surface area is 81.4 Å². The molecule has 0 atom stereocenters. The van der Waals surface area contributed by atoms with Crippen LogP contribution in [-0.2, 0) is 11.3 Å². The smallest absolute Gasteiger partial charge is 0.298 e. The number of terminal acetylenes is 1. The maximum absolute atomic E-state index is 11.0. The maximum Gasteiger partial charge on any atom is 0.298 e. The lowest BCUT2D eigenvalue weighted by atomic mass is 10.5. The number of amides is 1. The Bertz CT molecular complexity index is 351. The third-order valence-electron chi connectivity index (χ3n) is 1.51. The summed E-state index contributed by atoms with van der Waals surface area (Å²) in [5, 5.41) is 2.85. The van der Waals surface area contributed by atoms with Gasteiger partial charge in [0, 0.05) is 18.1 Å². The van der Waals surface area contributed by atoms with Crippen molar-refractivity contribution in [1.29, 1.82) is 0 Å². The van der Waals surface area contributed by atoms with Crippen molar-refractivity contribution < 1.29 is 4.79 Å². The van der Waals surface area contributed by atoms with E-state index >= 15 is 0 Å². The first-order valence-corrected chi connectivity index (χ1v) is 4.64. The summed E-state index contributed by atoms with van der Waals surface area (Å²) >= 11 is 1.53. The minimum Gasteiger partial charge on any atom is -0.328 e. The average molecular weight is 194 g/mol. The van der Waals surface area contributed by atoms with Crippen LogP contribution >= 0.6 is 11.3 Å². The highest BCUT2D eigenvalue weighted by Gasteiger charge is 2.07. The van der Waals surface area contributed by atoms with Gasteiger partial charge in [-0.05, 0) is 12.8 Å². The zero-order valence-corrected chi connectivity index (χ0v) is 8.39. The molecule has 0 N–H and O–H groups in total. The standard InChI is InChI=1S/C9H10N2OS/c1-4-9(12)11(3)5-8-10-7(2)6-13-8/h1,6H,5H2,2-3H3. The van der Waals surface area contributed by atoms with Gasteiger partial charge in [0.15, 0.2) is 0 Å². The number of hydrogen-bond donors (Lipinski definition) is 0. The molecule has 0 aliphatic rings. The molecule has 0 saturated carbocycles. The third kappa shape index (κ3) is 2.56. The first-order valence-electron chi connectivity index (χ1n) is 3.76. The van der Waals surface area contributed by atoms with E-state index in [4.69, 9.17) is 6.42 Å². The summed E-state index contributed by atoms with van der Waals surface area (Å²) in [6.07, 6.45) is 4.97. The van der Waals surface area contributed by atoms with Crippen molar-refractivity contribution in [3.8, 4) is 12.3 Å². The number of aromatic nitrogens is 1. The summed E-state index contributed by atoms with van der Waals surface area (Å²) in [4.78, 5) is 16.7. The second-order valence-corrected chi connectivity index (χ2v) is 3.63. The molecule has 13 heavy (non-hydrogen) atoms. The van der Waals surface area contributed by atoms with Crippen LogP contribution < -0.4 is 0 Å². The number of hydrogen-bond acceptors (Lipinski definition) is 3. The molecule has 0 fully saturated rings. The van der Waals surface area contributed by atoms with Gasteiger partial charge in [-0.15, -0.1) is 17.8 Å². The second kappa shape index (κ2) is 4.06. The number of rotatable bonds is 2. The molecule has 1 rings (SSSR count). The molecule has 4 heteroatoms. The molecule has 0 radical (unpaired) electrons. The molecule has 0 spiro atoms. The molecule has 0 aromatic carbocycles. The Balaban J connectivity index is 2.60. The molecule has 0 unspecified atom stereocenters. The summed E-state index contributed by atoms with van der Waals surface area (Å²) in [6, 6.07) is 0. The van der Waals surface area contributed by atoms with Gasteiger partial charge in [-0.25, -0.2) is 4.98 Å². The van der Waals surface area contributed by atoms with Crippen molar-refractivity contribution in [1.82, 2.24) is 9.88 Å². The van der Waals surface area contributed by atoms with Crippen LogP contribution in [0.15, 0.2) is 5.38 Å². The Morgan fingerprint density at radius 1 is 1.85 bits per heavy atom. The van der Waals surface area contributed by atoms with Crippen molar-refractivity contribution in [2.75, 3.05) is 7.05 Å². The van der Waals surface area contributed by atoms with Crippen molar-refractivity contribution in [3.05, 3.63) is 16.1 Å². The largest absolute Gasteiger partial charge is 0.328 e. The fraction of sp³-hybridized carbons (Fsp3) is 0.333. The lowest BCUT2D eigenvalue weighted by Crippen LogP contribution is -2.24. The number of carbonyl (C=O) groups is 1. The van der Waals surface area contributed by atoms with E-state index in [1.54, 1.807) is 7.05 Å². The summed E-state index contributed by atoms with van der Waals surface area (Å²) in [6.45, 7) is 2.41. The van der Waals surface area contributed by atoms with Gasteiger partial charge in [-0.1, -0.05) is 0 Å². The predicted molar refractivity (Wildman–Crippen MR) is 52.2 cm³/mol. The van der Waals surface area contributed by atoms with Crippen LogP contribution in [-0.4, -0.2) is 22.8 Å². The van der Waals surface area contributed by atoms with E-state index in [1.807, 2.05) is 12.3 Å². The fourth-order valence-corrected chi connectivity index (χ4v) is 1.68. The van der Waals surface area contributed by atoms with Crippen LogP contribution in [0.4, 0.5) is 0 Å².